The van der Waals surface area contributed by atoms with Gasteiger partial charge in [-0.15, -0.1) is 0 Å². The first-order valence-electron chi connectivity index (χ1n) is 10.4. The van der Waals surface area contributed by atoms with E-state index in [2.05, 4.69) is 10.4 Å². The number of nitrogens with one attached hydrogen (secondary N) is 1. The van der Waals surface area contributed by atoms with E-state index >= 15 is 0 Å². The van der Waals surface area contributed by atoms with Crippen molar-refractivity contribution in [3.63, 3.8) is 0 Å². The molecule has 1 aromatic heterocycles. The highest BCUT2D eigenvalue weighted by Gasteiger charge is 2.29. The largest absolute Gasteiger partial charge is 0.379 e. The van der Waals surface area contributed by atoms with Crippen molar-refractivity contribution >= 4 is 32.4 Å². The maximum absolute atomic E-state index is 14.5. The molecule has 0 saturated carbocycles. The number of nitrogens with zero attached hydrogens (tertiary/aromatic N) is 3. The van der Waals surface area contributed by atoms with Gasteiger partial charge in [-0.3, -0.25) is 9.59 Å². The summed E-state index contributed by atoms with van der Waals surface area (Å²) >= 11 is 0. The summed E-state index contributed by atoms with van der Waals surface area (Å²) in [6.45, 7) is 4.22. The SMILES string of the molecule is CC(C)n1nc(C(=O)Nc2ccc(F)c(S(=O)(=O)N3CCOCC3)c2)c2ccccc2c1=O. The van der Waals surface area contributed by atoms with Crippen LogP contribution in [0.25, 0.3) is 10.8 Å². The summed E-state index contributed by atoms with van der Waals surface area (Å²) < 4.78 is 47.8. The summed E-state index contributed by atoms with van der Waals surface area (Å²) in [6.07, 6.45) is 0. The monoisotopic (exact) mass is 474 g/mol. The van der Waals surface area contributed by atoms with Gasteiger partial charge < -0.3 is 10.1 Å². The van der Waals surface area contributed by atoms with Crippen LogP contribution in [0.3, 0.4) is 0 Å². The molecular weight excluding hydrogens is 451 g/mol. The summed E-state index contributed by atoms with van der Waals surface area (Å²) in [5, 5.41) is 7.52. The van der Waals surface area contributed by atoms with Crippen molar-refractivity contribution < 1.29 is 22.3 Å². The Hall–Kier alpha value is -3.15. The Bertz CT molecular complexity index is 1380. The van der Waals surface area contributed by atoms with Crippen LogP contribution in [-0.4, -0.2) is 54.7 Å². The van der Waals surface area contributed by atoms with E-state index in [1.165, 1.54) is 10.7 Å². The maximum Gasteiger partial charge on any atom is 0.276 e. The molecule has 1 N–H and O–H groups in total. The van der Waals surface area contributed by atoms with Crippen LogP contribution in [0, 0.1) is 5.82 Å². The Balaban J connectivity index is 1.72. The number of anilines is 1. The molecule has 3 aromatic rings. The minimum atomic E-state index is -4.11. The average Bonchev–Trinajstić information content (AvgIpc) is 2.81. The van der Waals surface area contributed by atoms with E-state index in [4.69, 9.17) is 4.74 Å². The molecule has 2 aromatic carbocycles. The molecule has 0 aliphatic carbocycles. The Morgan fingerprint density at radius 1 is 1.12 bits per heavy atom. The summed E-state index contributed by atoms with van der Waals surface area (Å²) in [5.41, 5.74) is -0.236. The number of carbonyl (C=O) groups is 1. The van der Waals surface area contributed by atoms with Crippen molar-refractivity contribution in [3.05, 3.63) is 64.3 Å². The first-order valence-corrected chi connectivity index (χ1v) is 11.8. The molecule has 0 radical (unpaired) electrons. The molecule has 1 amide bonds. The third-order valence-corrected chi connectivity index (χ3v) is 7.22. The van der Waals surface area contributed by atoms with Gasteiger partial charge in [0, 0.05) is 24.2 Å². The lowest BCUT2D eigenvalue weighted by atomic mass is 10.1. The number of morpholine rings is 1. The standard InChI is InChI=1S/C22H23FN4O5S/c1-14(2)27-22(29)17-6-4-3-5-16(17)20(25-27)21(28)24-15-7-8-18(23)19(13-15)33(30,31)26-9-11-32-12-10-26/h3-8,13-14H,9-12H2,1-2H3,(H,24,28). The van der Waals surface area contributed by atoms with Gasteiger partial charge in [0.05, 0.1) is 24.6 Å². The van der Waals surface area contributed by atoms with Gasteiger partial charge in [-0.2, -0.15) is 9.40 Å². The van der Waals surface area contributed by atoms with Gasteiger partial charge in [-0.25, -0.2) is 17.5 Å². The predicted octanol–water partition coefficient (Wildman–Crippen LogP) is 2.39. The fourth-order valence-electron chi connectivity index (χ4n) is 3.62. The highest BCUT2D eigenvalue weighted by atomic mass is 32.2. The van der Waals surface area contributed by atoms with Crippen molar-refractivity contribution in [3.8, 4) is 0 Å². The van der Waals surface area contributed by atoms with Gasteiger partial charge in [0.25, 0.3) is 11.5 Å². The number of carbonyl (C=O) groups excluding carboxylic acids is 1. The van der Waals surface area contributed by atoms with Gasteiger partial charge in [0.1, 0.15) is 10.7 Å². The number of hydrogen-bond acceptors (Lipinski definition) is 6. The van der Waals surface area contributed by atoms with Gasteiger partial charge in [0.15, 0.2) is 5.69 Å². The van der Waals surface area contributed by atoms with Gasteiger partial charge in [-0.05, 0) is 38.1 Å². The third kappa shape index (κ3) is 4.39. The topological polar surface area (TPSA) is 111 Å². The minimum absolute atomic E-state index is 0.000751. The molecule has 0 spiro atoms. The van der Waals surface area contributed by atoms with E-state index in [9.17, 15) is 22.4 Å². The zero-order valence-corrected chi connectivity index (χ0v) is 18.9. The second kappa shape index (κ2) is 9.00. The number of sulfonamides is 1. The smallest absolute Gasteiger partial charge is 0.276 e. The number of amides is 1. The van der Waals surface area contributed by atoms with E-state index in [0.717, 1.165) is 16.4 Å². The summed E-state index contributed by atoms with van der Waals surface area (Å²) in [4.78, 5) is 25.3. The Labute approximate surface area is 189 Å². The average molecular weight is 475 g/mol. The van der Waals surface area contributed by atoms with Crippen molar-refractivity contribution in [1.29, 1.82) is 0 Å². The molecule has 1 aliphatic rings. The van der Waals surface area contributed by atoms with Crippen molar-refractivity contribution in [2.24, 2.45) is 0 Å². The van der Waals surface area contributed by atoms with Crippen LogP contribution >= 0.6 is 0 Å². The van der Waals surface area contributed by atoms with Crippen molar-refractivity contribution in [1.82, 2.24) is 14.1 Å². The van der Waals surface area contributed by atoms with Crippen LogP contribution in [0.1, 0.15) is 30.4 Å². The number of ether oxygens (including phenoxy) is 1. The van der Waals surface area contributed by atoms with E-state index < -0.39 is 26.6 Å². The number of halogens is 1. The molecular formula is C22H23FN4O5S. The molecule has 174 valence electrons. The Kier molecular flexibility index (Phi) is 6.28. The van der Waals surface area contributed by atoms with Crippen LogP contribution in [0.4, 0.5) is 10.1 Å². The molecule has 4 rings (SSSR count). The van der Waals surface area contributed by atoms with Crippen LogP contribution in [0.2, 0.25) is 0 Å². The number of aromatic nitrogens is 2. The summed E-state index contributed by atoms with van der Waals surface area (Å²) in [5.74, 6) is -1.57. The van der Waals surface area contributed by atoms with Crippen molar-refractivity contribution in [2.45, 2.75) is 24.8 Å². The molecule has 2 heterocycles. The third-order valence-electron chi connectivity index (χ3n) is 5.31. The van der Waals surface area contributed by atoms with Gasteiger partial charge in [0.2, 0.25) is 10.0 Å². The van der Waals surface area contributed by atoms with Crippen LogP contribution in [-0.2, 0) is 14.8 Å². The Morgan fingerprint density at radius 2 is 1.79 bits per heavy atom. The highest BCUT2D eigenvalue weighted by Crippen LogP contribution is 2.25. The number of hydrogen-bond donors (Lipinski definition) is 1. The maximum atomic E-state index is 14.5. The number of rotatable bonds is 5. The minimum Gasteiger partial charge on any atom is -0.379 e. The second-order valence-corrected chi connectivity index (χ2v) is 9.76. The molecule has 1 saturated heterocycles. The molecule has 1 fully saturated rings. The molecule has 0 atom stereocenters. The molecule has 9 nitrogen and oxygen atoms in total. The molecule has 0 bridgehead atoms. The van der Waals surface area contributed by atoms with E-state index in [1.807, 2.05) is 0 Å². The molecule has 0 unspecified atom stereocenters. The normalized spacial score (nSPS) is 15.2. The van der Waals surface area contributed by atoms with Crippen LogP contribution in [0.15, 0.2) is 52.2 Å². The number of benzene rings is 2. The van der Waals surface area contributed by atoms with Crippen LogP contribution < -0.4 is 10.9 Å². The zero-order valence-electron chi connectivity index (χ0n) is 18.1. The highest BCUT2D eigenvalue weighted by molar-refractivity contribution is 7.89. The first kappa shape index (κ1) is 23.0. The lowest BCUT2D eigenvalue weighted by molar-refractivity contribution is 0.0729. The summed E-state index contributed by atoms with van der Waals surface area (Å²) in [7, 11) is -4.11. The quantitative estimate of drug-likeness (QED) is 0.608. The first-order chi connectivity index (χ1) is 15.7. The summed E-state index contributed by atoms with van der Waals surface area (Å²) in [6, 6.07) is 9.66. The second-order valence-electron chi connectivity index (χ2n) is 7.85. The fourth-order valence-corrected chi connectivity index (χ4v) is 5.12. The van der Waals surface area contributed by atoms with E-state index in [0.29, 0.717) is 10.8 Å². The predicted molar refractivity (Wildman–Crippen MR) is 120 cm³/mol. The molecule has 1 aliphatic heterocycles. The Morgan fingerprint density at radius 3 is 2.45 bits per heavy atom. The van der Waals surface area contributed by atoms with E-state index in [1.54, 1.807) is 38.1 Å². The van der Waals surface area contributed by atoms with Crippen LogP contribution in [0.5, 0.6) is 0 Å². The lowest BCUT2D eigenvalue weighted by Crippen LogP contribution is -2.40. The van der Waals surface area contributed by atoms with Gasteiger partial charge in [-0.1, -0.05) is 18.2 Å². The molecule has 11 heteroatoms. The van der Waals surface area contributed by atoms with E-state index in [-0.39, 0.29) is 49.3 Å². The van der Waals surface area contributed by atoms with Crippen molar-refractivity contribution in [2.75, 3.05) is 31.6 Å². The zero-order chi connectivity index (χ0) is 23.8. The number of fused-ring (bicyclic) bond motifs is 1. The lowest BCUT2D eigenvalue weighted by Gasteiger charge is -2.26. The van der Waals surface area contributed by atoms with Gasteiger partial charge >= 0.3 is 0 Å². The molecule has 33 heavy (non-hydrogen) atoms. The fraction of sp³-hybridized carbons (Fsp3) is 0.318.